The number of amides is 2. The molecular weight excluding hydrogens is 418 g/mol. The maximum Gasteiger partial charge on any atom is 0.254 e. The van der Waals surface area contributed by atoms with Crippen LogP contribution in [0.3, 0.4) is 0 Å². The van der Waals surface area contributed by atoms with Crippen molar-refractivity contribution in [1.82, 2.24) is 14.9 Å². The molecule has 0 bridgehead atoms. The lowest BCUT2D eigenvalue weighted by atomic mass is 9.90. The summed E-state index contributed by atoms with van der Waals surface area (Å²) in [6.45, 7) is 4.03. The Kier molecular flexibility index (Phi) is 6.08. The van der Waals surface area contributed by atoms with E-state index >= 15 is 0 Å². The van der Waals surface area contributed by atoms with Crippen LogP contribution < -0.4 is 15.4 Å². The number of nitrogens with zero attached hydrogens (tertiary/aromatic N) is 3. The van der Waals surface area contributed by atoms with Gasteiger partial charge in [0.05, 0.1) is 13.3 Å². The number of anilines is 2. The van der Waals surface area contributed by atoms with Crippen LogP contribution in [0.5, 0.6) is 5.88 Å². The van der Waals surface area contributed by atoms with Crippen molar-refractivity contribution >= 4 is 35.1 Å². The zero-order valence-corrected chi connectivity index (χ0v) is 18.0. The first-order valence-corrected chi connectivity index (χ1v) is 10.6. The normalized spacial score (nSPS) is 20.2. The lowest BCUT2D eigenvalue weighted by Gasteiger charge is -2.35. The Labute approximate surface area is 185 Å². The van der Waals surface area contributed by atoms with E-state index in [2.05, 4.69) is 27.2 Å². The van der Waals surface area contributed by atoms with Crippen molar-refractivity contribution in [2.24, 2.45) is 0 Å². The van der Waals surface area contributed by atoms with E-state index in [1.165, 1.54) is 19.4 Å². The van der Waals surface area contributed by atoms with Crippen LogP contribution in [0.2, 0.25) is 5.02 Å². The van der Waals surface area contributed by atoms with Crippen molar-refractivity contribution in [1.29, 1.82) is 0 Å². The lowest BCUT2D eigenvalue weighted by Crippen LogP contribution is -2.42. The summed E-state index contributed by atoms with van der Waals surface area (Å²) in [7, 11) is 1.51. The highest BCUT2D eigenvalue weighted by Crippen LogP contribution is 2.33. The van der Waals surface area contributed by atoms with Crippen molar-refractivity contribution in [2.75, 3.05) is 17.7 Å². The van der Waals surface area contributed by atoms with Crippen LogP contribution in [-0.2, 0) is 11.3 Å². The Morgan fingerprint density at radius 2 is 2.23 bits per heavy atom. The molecule has 8 nitrogen and oxygen atoms in total. The number of methoxy groups -OCH3 is 1. The number of rotatable bonds is 6. The van der Waals surface area contributed by atoms with Crippen molar-refractivity contribution in [2.45, 2.75) is 44.3 Å². The molecule has 1 aliphatic carbocycles. The first-order valence-electron chi connectivity index (χ1n) is 10.2. The molecule has 1 aromatic heterocycles. The Hall–Kier alpha value is -3.13. The number of nitrogens with one attached hydrogen (secondary N) is 2. The Balaban J connectivity index is 1.44. The van der Waals surface area contributed by atoms with Crippen LogP contribution in [0.15, 0.2) is 37.1 Å². The monoisotopic (exact) mass is 441 g/mol. The first kappa shape index (κ1) is 21.1. The molecule has 2 heterocycles. The van der Waals surface area contributed by atoms with Gasteiger partial charge in [-0.05, 0) is 49.5 Å². The molecule has 2 aliphatic rings. The second-order valence-electron chi connectivity index (χ2n) is 7.71. The van der Waals surface area contributed by atoms with Crippen LogP contribution in [0.1, 0.15) is 41.6 Å². The maximum atomic E-state index is 13.1. The van der Waals surface area contributed by atoms with Crippen LogP contribution in [0.4, 0.5) is 11.6 Å². The SMILES string of the molecule is C=CC(=O)Nc1ccc2c(c1)C(=O)N([C@H]1CCC[C@@H](Nc3ncc(Cl)c(OC)n3)C1)C2. The van der Waals surface area contributed by atoms with Gasteiger partial charge >= 0.3 is 0 Å². The smallest absolute Gasteiger partial charge is 0.254 e. The highest BCUT2D eigenvalue weighted by molar-refractivity contribution is 6.31. The molecule has 2 aromatic rings. The number of halogens is 1. The van der Waals surface area contributed by atoms with Crippen molar-refractivity contribution in [3.63, 3.8) is 0 Å². The van der Waals surface area contributed by atoms with E-state index in [0.29, 0.717) is 34.6 Å². The van der Waals surface area contributed by atoms with E-state index in [-0.39, 0.29) is 23.9 Å². The molecule has 1 saturated carbocycles. The molecule has 0 spiro atoms. The van der Waals surface area contributed by atoms with E-state index < -0.39 is 0 Å². The van der Waals surface area contributed by atoms with Gasteiger partial charge in [-0.25, -0.2) is 4.98 Å². The third-order valence-corrected chi connectivity index (χ3v) is 5.98. The zero-order chi connectivity index (χ0) is 22.0. The fourth-order valence-electron chi connectivity index (χ4n) is 4.21. The van der Waals surface area contributed by atoms with Gasteiger partial charge in [-0.1, -0.05) is 24.2 Å². The number of hydrogen-bond acceptors (Lipinski definition) is 6. The van der Waals surface area contributed by atoms with Crippen LogP contribution in [-0.4, -0.2) is 45.9 Å². The minimum absolute atomic E-state index is 0.000218. The number of benzene rings is 1. The highest BCUT2D eigenvalue weighted by atomic mass is 35.5. The maximum absolute atomic E-state index is 13.1. The summed E-state index contributed by atoms with van der Waals surface area (Å²) in [5, 5.41) is 6.43. The molecule has 0 unspecified atom stereocenters. The van der Waals surface area contributed by atoms with Gasteiger partial charge in [-0.2, -0.15) is 4.98 Å². The zero-order valence-electron chi connectivity index (χ0n) is 17.2. The lowest BCUT2D eigenvalue weighted by molar-refractivity contribution is -0.111. The number of hydrogen-bond donors (Lipinski definition) is 2. The topological polar surface area (TPSA) is 96.5 Å². The summed E-state index contributed by atoms with van der Waals surface area (Å²) in [5.41, 5.74) is 2.21. The van der Waals surface area contributed by atoms with Gasteiger partial charge in [0.15, 0.2) is 0 Å². The summed E-state index contributed by atoms with van der Waals surface area (Å²) in [4.78, 5) is 35.1. The predicted molar refractivity (Wildman–Crippen MR) is 118 cm³/mol. The second-order valence-corrected chi connectivity index (χ2v) is 8.12. The van der Waals surface area contributed by atoms with E-state index in [9.17, 15) is 9.59 Å². The Bertz CT molecular complexity index is 1030. The largest absolute Gasteiger partial charge is 0.480 e. The Morgan fingerprint density at radius 1 is 1.39 bits per heavy atom. The molecule has 31 heavy (non-hydrogen) atoms. The van der Waals surface area contributed by atoms with E-state index in [4.69, 9.17) is 16.3 Å². The van der Waals surface area contributed by atoms with Crippen molar-refractivity contribution in [3.8, 4) is 5.88 Å². The molecule has 1 aliphatic heterocycles. The highest BCUT2D eigenvalue weighted by Gasteiger charge is 2.35. The second kappa shape index (κ2) is 8.93. The average Bonchev–Trinajstić information content (AvgIpc) is 3.11. The first-order chi connectivity index (χ1) is 15.0. The van der Waals surface area contributed by atoms with Crippen LogP contribution in [0.25, 0.3) is 0 Å². The number of fused-ring (bicyclic) bond motifs is 1. The van der Waals surface area contributed by atoms with E-state index in [0.717, 1.165) is 31.2 Å². The molecular formula is C22H24ClN5O3. The van der Waals surface area contributed by atoms with Gasteiger partial charge < -0.3 is 20.3 Å². The molecule has 2 atom stereocenters. The predicted octanol–water partition coefficient (Wildman–Crippen LogP) is 3.64. The average molecular weight is 442 g/mol. The molecule has 1 fully saturated rings. The van der Waals surface area contributed by atoms with Gasteiger partial charge in [0.2, 0.25) is 17.7 Å². The molecule has 0 radical (unpaired) electrons. The Morgan fingerprint density at radius 3 is 3.00 bits per heavy atom. The number of carbonyl (C=O) groups is 2. The molecule has 9 heteroatoms. The van der Waals surface area contributed by atoms with Gasteiger partial charge in [-0.15, -0.1) is 0 Å². The summed E-state index contributed by atoms with van der Waals surface area (Å²) in [6, 6.07) is 5.72. The quantitative estimate of drug-likeness (QED) is 0.664. The third-order valence-electron chi connectivity index (χ3n) is 5.72. The molecule has 4 rings (SSSR count). The van der Waals surface area contributed by atoms with Gasteiger partial charge in [0, 0.05) is 29.9 Å². The number of ether oxygens (including phenoxy) is 1. The van der Waals surface area contributed by atoms with Gasteiger partial charge in [-0.3, -0.25) is 9.59 Å². The number of aromatic nitrogens is 2. The molecule has 2 N–H and O–H groups in total. The minimum atomic E-state index is -0.301. The van der Waals surface area contributed by atoms with Crippen molar-refractivity contribution in [3.05, 3.63) is 53.2 Å². The minimum Gasteiger partial charge on any atom is -0.480 e. The molecule has 2 amide bonds. The standard InChI is InChI=1S/C22H24ClN5O3/c1-3-19(29)25-15-8-7-13-12-28(21(30)17(13)10-15)16-6-4-5-14(9-16)26-22-24-11-18(23)20(27-22)31-2/h3,7-8,10-11,14,16H,1,4-6,9,12H2,2H3,(H,25,29)(H,24,26,27)/t14-,16+/m1/s1. The molecule has 1 aromatic carbocycles. The fraction of sp³-hybridized carbons (Fsp3) is 0.364. The summed E-state index contributed by atoms with van der Waals surface area (Å²) < 4.78 is 5.16. The van der Waals surface area contributed by atoms with Crippen LogP contribution >= 0.6 is 11.6 Å². The van der Waals surface area contributed by atoms with Crippen LogP contribution in [0, 0.1) is 0 Å². The number of carbonyl (C=O) groups excluding carboxylic acids is 2. The fourth-order valence-corrected chi connectivity index (χ4v) is 4.38. The van der Waals surface area contributed by atoms with Gasteiger partial charge in [0.1, 0.15) is 5.02 Å². The van der Waals surface area contributed by atoms with Gasteiger partial charge in [0.25, 0.3) is 5.91 Å². The molecule has 0 saturated heterocycles. The molecule has 162 valence electrons. The van der Waals surface area contributed by atoms with Crippen molar-refractivity contribution < 1.29 is 14.3 Å². The third kappa shape index (κ3) is 4.49. The summed E-state index contributed by atoms with van der Waals surface area (Å²) >= 11 is 6.01. The summed E-state index contributed by atoms with van der Waals surface area (Å²) in [6.07, 6.45) is 6.43. The van der Waals surface area contributed by atoms with E-state index in [1.807, 2.05) is 17.0 Å². The summed E-state index contributed by atoms with van der Waals surface area (Å²) in [5.74, 6) is 0.492. The van der Waals surface area contributed by atoms with E-state index in [1.54, 1.807) is 6.07 Å².